The Hall–Kier alpha value is -0.290. The number of nitrogens with one attached hydrogen (secondary N) is 1. The molecule has 0 fully saturated rings. The van der Waals surface area contributed by atoms with E-state index in [1.807, 2.05) is 25.2 Å². The van der Waals surface area contributed by atoms with Crippen molar-refractivity contribution >= 4 is 45.8 Å². The number of hydrogen-bond acceptors (Lipinski definition) is 1. The lowest BCUT2D eigenvalue weighted by atomic mass is 9.99. The van der Waals surface area contributed by atoms with E-state index in [9.17, 15) is 0 Å². The first-order chi connectivity index (χ1) is 9.11. The predicted octanol–water partition coefficient (Wildman–Crippen LogP) is 5.10. The van der Waals surface area contributed by atoms with Crippen LogP contribution in [0.2, 0.25) is 10.0 Å². The van der Waals surface area contributed by atoms with Gasteiger partial charge in [0.25, 0.3) is 0 Å². The first kappa shape index (κ1) is 15.1. The van der Waals surface area contributed by atoms with Gasteiger partial charge in [0.15, 0.2) is 0 Å². The standard InChI is InChI=1S/C15H14Cl2IN/c1-19-15(12-4-2-3-5-14(12)18)8-10-6-7-11(16)9-13(10)17/h2-7,9,15,19H,8H2,1H3. The van der Waals surface area contributed by atoms with Gasteiger partial charge in [0.05, 0.1) is 0 Å². The van der Waals surface area contributed by atoms with E-state index in [4.69, 9.17) is 23.2 Å². The van der Waals surface area contributed by atoms with Crippen LogP contribution in [0.1, 0.15) is 17.2 Å². The van der Waals surface area contributed by atoms with E-state index in [0.717, 1.165) is 17.0 Å². The van der Waals surface area contributed by atoms with Crippen LogP contribution in [-0.4, -0.2) is 7.05 Å². The summed E-state index contributed by atoms with van der Waals surface area (Å²) in [6.07, 6.45) is 0.840. The summed E-state index contributed by atoms with van der Waals surface area (Å²) in [5, 5.41) is 4.74. The summed E-state index contributed by atoms with van der Waals surface area (Å²) < 4.78 is 1.25. The molecule has 0 amide bonds. The molecule has 2 rings (SSSR count). The normalized spacial score (nSPS) is 12.4. The molecule has 1 nitrogen and oxygen atoms in total. The molecule has 0 saturated carbocycles. The molecule has 0 radical (unpaired) electrons. The second-order valence-corrected chi connectivity index (χ2v) is 6.31. The molecule has 100 valence electrons. The van der Waals surface area contributed by atoms with Crippen LogP contribution < -0.4 is 5.32 Å². The minimum Gasteiger partial charge on any atom is -0.313 e. The van der Waals surface area contributed by atoms with Crippen LogP contribution in [0.5, 0.6) is 0 Å². The molecule has 1 N–H and O–H groups in total. The van der Waals surface area contributed by atoms with E-state index in [2.05, 4.69) is 46.1 Å². The van der Waals surface area contributed by atoms with Crippen molar-refractivity contribution in [3.8, 4) is 0 Å². The van der Waals surface area contributed by atoms with Crippen molar-refractivity contribution in [1.82, 2.24) is 5.32 Å². The molecule has 19 heavy (non-hydrogen) atoms. The summed E-state index contributed by atoms with van der Waals surface area (Å²) in [5.41, 5.74) is 2.39. The molecule has 0 heterocycles. The van der Waals surface area contributed by atoms with Gasteiger partial charge in [-0.15, -0.1) is 0 Å². The average molecular weight is 406 g/mol. The van der Waals surface area contributed by atoms with E-state index in [1.165, 1.54) is 9.13 Å². The van der Waals surface area contributed by atoms with Gasteiger partial charge in [-0.1, -0.05) is 47.5 Å². The Labute approximate surface area is 137 Å². The van der Waals surface area contributed by atoms with Gasteiger partial charge >= 0.3 is 0 Å². The van der Waals surface area contributed by atoms with Crippen molar-refractivity contribution in [3.05, 3.63) is 67.2 Å². The first-order valence-electron chi connectivity index (χ1n) is 5.97. The van der Waals surface area contributed by atoms with Gasteiger partial charge in [-0.3, -0.25) is 0 Å². The summed E-state index contributed by atoms with van der Waals surface area (Å²) in [7, 11) is 1.97. The molecule has 0 bridgehead atoms. The summed E-state index contributed by atoms with van der Waals surface area (Å²) in [5.74, 6) is 0. The zero-order valence-corrected chi connectivity index (χ0v) is 14.1. The number of benzene rings is 2. The fraction of sp³-hybridized carbons (Fsp3) is 0.200. The van der Waals surface area contributed by atoms with Crippen molar-refractivity contribution in [2.75, 3.05) is 7.05 Å². The Morgan fingerprint density at radius 1 is 1.16 bits per heavy atom. The highest BCUT2D eigenvalue weighted by Gasteiger charge is 2.14. The van der Waals surface area contributed by atoms with Gasteiger partial charge < -0.3 is 5.32 Å². The van der Waals surface area contributed by atoms with Crippen molar-refractivity contribution < 1.29 is 0 Å². The maximum absolute atomic E-state index is 6.24. The van der Waals surface area contributed by atoms with Crippen LogP contribution in [0.3, 0.4) is 0 Å². The van der Waals surface area contributed by atoms with Crippen LogP contribution in [0.15, 0.2) is 42.5 Å². The van der Waals surface area contributed by atoms with E-state index in [0.29, 0.717) is 5.02 Å². The molecule has 0 spiro atoms. The number of hydrogen-bond donors (Lipinski definition) is 1. The second kappa shape index (κ2) is 6.93. The average Bonchev–Trinajstić information content (AvgIpc) is 2.39. The lowest BCUT2D eigenvalue weighted by Crippen LogP contribution is -2.20. The van der Waals surface area contributed by atoms with E-state index in [1.54, 1.807) is 6.07 Å². The minimum atomic E-state index is 0.242. The fourth-order valence-electron chi connectivity index (χ4n) is 2.03. The molecule has 0 aliphatic rings. The van der Waals surface area contributed by atoms with Crippen LogP contribution in [0.25, 0.3) is 0 Å². The van der Waals surface area contributed by atoms with Crippen molar-refractivity contribution in [2.45, 2.75) is 12.5 Å². The first-order valence-corrected chi connectivity index (χ1v) is 7.81. The van der Waals surface area contributed by atoms with Crippen molar-refractivity contribution in [1.29, 1.82) is 0 Å². The Balaban J connectivity index is 2.27. The molecule has 0 aliphatic heterocycles. The Bertz CT molecular complexity index is 572. The number of halogens is 3. The third-order valence-corrected chi connectivity index (χ3v) is 4.64. The Morgan fingerprint density at radius 2 is 1.89 bits per heavy atom. The predicted molar refractivity (Wildman–Crippen MR) is 91.1 cm³/mol. The van der Waals surface area contributed by atoms with Gasteiger partial charge in [-0.25, -0.2) is 0 Å². The van der Waals surface area contributed by atoms with Crippen LogP contribution >= 0.6 is 45.8 Å². The van der Waals surface area contributed by atoms with Gasteiger partial charge in [0, 0.05) is 19.7 Å². The van der Waals surface area contributed by atoms with Crippen LogP contribution in [0, 0.1) is 3.57 Å². The van der Waals surface area contributed by atoms with E-state index < -0.39 is 0 Å². The van der Waals surface area contributed by atoms with Gasteiger partial charge in [-0.05, 0) is 65.4 Å². The molecular formula is C15H14Cl2IN. The highest BCUT2D eigenvalue weighted by atomic mass is 127. The van der Waals surface area contributed by atoms with Crippen LogP contribution in [0.4, 0.5) is 0 Å². The summed E-state index contributed by atoms with van der Waals surface area (Å²) in [6, 6.07) is 14.3. The van der Waals surface area contributed by atoms with Gasteiger partial charge in [-0.2, -0.15) is 0 Å². The molecule has 0 aliphatic carbocycles. The van der Waals surface area contributed by atoms with Gasteiger partial charge in [0.1, 0.15) is 0 Å². The number of likely N-dealkylation sites (N-methyl/N-ethyl adjacent to an activating group) is 1. The zero-order valence-electron chi connectivity index (χ0n) is 10.5. The Morgan fingerprint density at radius 3 is 2.53 bits per heavy atom. The topological polar surface area (TPSA) is 12.0 Å². The zero-order chi connectivity index (χ0) is 13.8. The molecule has 0 aromatic heterocycles. The van der Waals surface area contributed by atoms with Crippen LogP contribution in [-0.2, 0) is 6.42 Å². The van der Waals surface area contributed by atoms with E-state index >= 15 is 0 Å². The van der Waals surface area contributed by atoms with Crippen molar-refractivity contribution in [2.24, 2.45) is 0 Å². The molecule has 2 aromatic rings. The number of rotatable bonds is 4. The molecule has 0 saturated heterocycles. The molecule has 2 aromatic carbocycles. The summed E-state index contributed by atoms with van der Waals surface area (Å²) in [4.78, 5) is 0. The lowest BCUT2D eigenvalue weighted by Gasteiger charge is -2.19. The summed E-state index contributed by atoms with van der Waals surface area (Å²) in [6.45, 7) is 0. The summed E-state index contributed by atoms with van der Waals surface area (Å²) >= 11 is 14.5. The molecule has 1 atom stereocenters. The third-order valence-electron chi connectivity index (χ3n) is 3.07. The fourth-order valence-corrected chi connectivity index (χ4v) is 3.28. The maximum Gasteiger partial charge on any atom is 0.0453 e. The highest BCUT2D eigenvalue weighted by Crippen LogP contribution is 2.28. The molecule has 1 unspecified atom stereocenters. The second-order valence-electron chi connectivity index (χ2n) is 4.30. The third kappa shape index (κ3) is 3.85. The van der Waals surface area contributed by atoms with E-state index in [-0.39, 0.29) is 6.04 Å². The van der Waals surface area contributed by atoms with Crippen molar-refractivity contribution in [3.63, 3.8) is 0 Å². The monoisotopic (exact) mass is 405 g/mol. The quantitative estimate of drug-likeness (QED) is 0.697. The Kier molecular flexibility index (Phi) is 5.51. The highest BCUT2D eigenvalue weighted by molar-refractivity contribution is 14.1. The minimum absolute atomic E-state index is 0.242. The lowest BCUT2D eigenvalue weighted by molar-refractivity contribution is 0.589. The SMILES string of the molecule is CNC(Cc1ccc(Cl)cc1Cl)c1ccccc1I. The molecular weight excluding hydrogens is 392 g/mol. The largest absolute Gasteiger partial charge is 0.313 e. The van der Waals surface area contributed by atoms with Gasteiger partial charge in [0.2, 0.25) is 0 Å². The maximum atomic E-state index is 6.24. The smallest absolute Gasteiger partial charge is 0.0453 e. The molecule has 4 heteroatoms.